The first-order chi connectivity index (χ1) is 13.2. The van der Waals surface area contributed by atoms with Crippen LogP contribution in [-0.2, 0) is 21.1 Å². The van der Waals surface area contributed by atoms with Crippen LogP contribution in [0.25, 0.3) is 11.1 Å². The van der Waals surface area contributed by atoms with Gasteiger partial charge < -0.3 is 9.64 Å². The van der Waals surface area contributed by atoms with Crippen molar-refractivity contribution in [3.63, 3.8) is 0 Å². The molecule has 1 aliphatic heterocycles. The smallest absolute Gasteiger partial charge is 0.224 e. The molecule has 0 aliphatic carbocycles. The number of rotatable bonds is 5. The maximum atomic E-state index is 12.2. The predicted octanol–water partition coefficient (Wildman–Crippen LogP) is 4.23. The number of hydrogen-bond donors (Lipinski definition) is 0. The van der Waals surface area contributed by atoms with Gasteiger partial charge in [0.2, 0.25) is 5.91 Å². The summed E-state index contributed by atoms with van der Waals surface area (Å²) in [5, 5.41) is 0. The second kappa shape index (κ2) is 7.95. The molecule has 1 amide bonds. The first-order valence-corrected chi connectivity index (χ1v) is 11.5. The molecule has 0 unspecified atom stereocenters. The largest absolute Gasteiger partial charge is 0.493 e. The van der Waals surface area contributed by atoms with E-state index < -0.39 is 9.84 Å². The van der Waals surface area contributed by atoms with Crippen LogP contribution in [0.1, 0.15) is 39.2 Å². The van der Waals surface area contributed by atoms with Gasteiger partial charge >= 0.3 is 0 Å². The number of benzene rings is 2. The Morgan fingerprint density at radius 1 is 1.25 bits per heavy atom. The van der Waals surface area contributed by atoms with E-state index in [1.54, 1.807) is 25.1 Å². The molecule has 0 saturated carbocycles. The number of fused-ring (bicyclic) bond motifs is 1. The van der Waals surface area contributed by atoms with E-state index in [-0.39, 0.29) is 16.8 Å². The summed E-state index contributed by atoms with van der Waals surface area (Å²) >= 11 is 0. The molecule has 1 atom stereocenters. The number of sulfone groups is 1. The summed E-state index contributed by atoms with van der Waals surface area (Å²) in [5.74, 6) is 0.768. The highest BCUT2D eigenvalue weighted by molar-refractivity contribution is 7.90. The van der Waals surface area contributed by atoms with Crippen molar-refractivity contribution in [2.75, 3.05) is 17.8 Å². The van der Waals surface area contributed by atoms with E-state index in [0.717, 1.165) is 47.4 Å². The zero-order valence-electron chi connectivity index (χ0n) is 16.9. The molecule has 3 rings (SSSR count). The molecule has 0 spiro atoms. The minimum absolute atomic E-state index is 0.0155. The van der Waals surface area contributed by atoms with Crippen molar-refractivity contribution in [1.29, 1.82) is 0 Å². The highest BCUT2D eigenvalue weighted by Crippen LogP contribution is 2.43. The number of carbonyl (C=O) groups is 1. The molecule has 0 saturated heterocycles. The van der Waals surface area contributed by atoms with Gasteiger partial charge in [0.25, 0.3) is 0 Å². The molecule has 150 valence electrons. The second-order valence-electron chi connectivity index (χ2n) is 7.37. The predicted molar refractivity (Wildman–Crippen MR) is 112 cm³/mol. The summed E-state index contributed by atoms with van der Waals surface area (Å²) < 4.78 is 30.1. The van der Waals surface area contributed by atoms with Gasteiger partial charge in [0.05, 0.1) is 17.2 Å². The van der Waals surface area contributed by atoms with Crippen LogP contribution in [0.5, 0.6) is 5.75 Å². The third-order valence-corrected chi connectivity index (χ3v) is 6.22. The first-order valence-electron chi connectivity index (χ1n) is 9.63. The Bertz CT molecular complexity index is 998. The third kappa shape index (κ3) is 3.92. The monoisotopic (exact) mass is 401 g/mol. The van der Waals surface area contributed by atoms with E-state index >= 15 is 0 Å². The summed E-state index contributed by atoms with van der Waals surface area (Å²) in [6.07, 6.45) is 3.75. The number of hydrogen-bond acceptors (Lipinski definition) is 4. The van der Waals surface area contributed by atoms with Crippen molar-refractivity contribution in [1.82, 2.24) is 0 Å². The third-order valence-electron chi connectivity index (χ3n) is 5.11. The summed E-state index contributed by atoms with van der Waals surface area (Å²) in [6, 6.07) is 10.9. The van der Waals surface area contributed by atoms with Crippen molar-refractivity contribution in [3.8, 4) is 16.9 Å². The van der Waals surface area contributed by atoms with Crippen LogP contribution in [0.2, 0.25) is 0 Å². The number of nitrogens with zero attached hydrogens (tertiary/aromatic N) is 1. The van der Waals surface area contributed by atoms with Crippen LogP contribution in [-0.4, -0.2) is 33.2 Å². The van der Waals surface area contributed by atoms with Gasteiger partial charge in [-0.3, -0.25) is 4.79 Å². The number of amides is 1. The van der Waals surface area contributed by atoms with Gasteiger partial charge in [0.15, 0.2) is 9.84 Å². The Morgan fingerprint density at radius 3 is 2.64 bits per heavy atom. The lowest BCUT2D eigenvalue weighted by atomic mass is 9.91. The van der Waals surface area contributed by atoms with Crippen LogP contribution in [0.3, 0.4) is 0 Å². The fourth-order valence-corrected chi connectivity index (χ4v) is 4.44. The molecule has 1 aliphatic rings. The van der Waals surface area contributed by atoms with Crippen molar-refractivity contribution in [2.45, 2.75) is 51.0 Å². The summed E-state index contributed by atoms with van der Waals surface area (Å²) in [5.41, 5.74) is 3.56. The summed E-state index contributed by atoms with van der Waals surface area (Å²) in [4.78, 5) is 14.3. The Morgan fingerprint density at radius 2 is 2.00 bits per heavy atom. The Kier molecular flexibility index (Phi) is 5.79. The van der Waals surface area contributed by atoms with Crippen LogP contribution >= 0.6 is 0 Å². The summed E-state index contributed by atoms with van der Waals surface area (Å²) in [7, 11) is -3.30. The lowest BCUT2D eigenvalue weighted by molar-refractivity contribution is -0.117. The van der Waals surface area contributed by atoms with Gasteiger partial charge in [0, 0.05) is 30.3 Å². The number of anilines is 1. The molecule has 28 heavy (non-hydrogen) atoms. The zero-order chi connectivity index (χ0) is 20.5. The van der Waals surface area contributed by atoms with E-state index in [9.17, 15) is 13.2 Å². The van der Waals surface area contributed by atoms with Crippen molar-refractivity contribution < 1.29 is 17.9 Å². The minimum atomic E-state index is -3.30. The van der Waals surface area contributed by atoms with Gasteiger partial charge in [-0.1, -0.05) is 19.1 Å². The van der Waals surface area contributed by atoms with Gasteiger partial charge in [0.1, 0.15) is 5.75 Å². The standard InChI is InChI=1S/C22H27NO4S/c1-5-13-27-22-19(17-7-6-8-18(14-17)28(4,25)26)11-12-21-20(22)10-9-15(2)23(21)16(3)24/h6-8,11-12,14-15H,5,9-10,13H2,1-4H3/t15-/m0/s1. The van der Waals surface area contributed by atoms with Gasteiger partial charge in [-0.25, -0.2) is 8.42 Å². The zero-order valence-corrected chi connectivity index (χ0v) is 17.7. The SMILES string of the molecule is CCCOc1c(-c2cccc(S(C)(=O)=O)c2)ccc2c1CC[C@H](C)N2C(C)=O. The van der Waals surface area contributed by atoms with Crippen molar-refractivity contribution in [2.24, 2.45) is 0 Å². The molecule has 0 N–H and O–H groups in total. The Labute approximate surface area is 167 Å². The van der Waals surface area contributed by atoms with Crippen molar-refractivity contribution >= 4 is 21.4 Å². The van der Waals surface area contributed by atoms with E-state index in [2.05, 4.69) is 6.92 Å². The molecule has 5 nitrogen and oxygen atoms in total. The van der Waals surface area contributed by atoms with Gasteiger partial charge in [-0.15, -0.1) is 0 Å². The van der Waals surface area contributed by atoms with Crippen molar-refractivity contribution in [3.05, 3.63) is 42.0 Å². The van der Waals surface area contributed by atoms with Crippen LogP contribution in [0.15, 0.2) is 41.3 Å². The van der Waals surface area contributed by atoms with E-state index in [0.29, 0.717) is 6.61 Å². The lowest BCUT2D eigenvalue weighted by Gasteiger charge is -2.36. The molecule has 1 heterocycles. The fraction of sp³-hybridized carbons (Fsp3) is 0.409. The molecule has 2 aromatic rings. The first kappa shape index (κ1) is 20.4. The molecular formula is C22H27NO4S. The minimum Gasteiger partial charge on any atom is -0.493 e. The average Bonchev–Trinajstić information content (AvgIpc) is 2.64. The lowest BCUT2D eigenvalue weighted by Crippen LogP contribution is -2.40. The molecule has 0 radical (unpaired) electrons. The second-order valence-corrected chi connectivity index (χ2v) is 9.38. The van der Waals surface area contributed by atoms with Crippen LogP contribution < -0.4 is 9.64 Å². The van der Waals surface area contributed by atoms with E-state index in [1.807, 2.05) is 30.0 Å². The van der Waals surface area contributed by atoms with Gasteiger partial charge in [-0.2, -0.15) is 0 Å². The Balaban J connectivity index is 2.19. The molecule has 2 aromatic carbocycles. The normalized spacial score (nSPS) is 16.6. The maximum absolute atomic E-state index is 12.2. The topological polar surface area (TPSA) is 63.7 Å². The van der Waals surface area contributed by atoms with E-state index in [4.69, 9.17) is 4.74 Å². The molecule has 0 fully saturated rings. The van der Waals surface area contributed by atoms with Crippen LogP contribution in [0, 0.1) is 0 Å². The highest BCUT2D eigenvalue weighted by atomic mass is 32.2. The van der Waals surface area contributed by atoms with Gasteiger partial charge in [-0.05, 0) is 56.0 Å². The number of ether oxygens (including phenoxy) is 1. The van der Waals surface area contributed by atoms with Crippen LogP contribution in [0.4, 0.5) is 5.69 Å². The maximum Gasteiger partial charge on any atom is 0.224 e. The highest BCUT2D eigenvalue weighted by Gasteiger charge is 2.29. The number of carbonyl (C=O) groups excluding carboxylic acids is 1. The molecular weight excluding hydrogens is 374 g/mol. The Hall–Kier alpha value is -2.34. The van der Waals surface area contributed by atoms with E-state index in [1.165, 1.54) is 6.26 Å². The fourth-order valence-electron chi connectivity index (χ4n) is 3.78. The summed E-state index contributed by atoms with van der Waals surface area (Å²) in [6.45, 7) is 6.25. The molecule has 0 bridgehead atoms. The average molecular weight is 402 g/mol. The molecule has 6 heteroatoms. The molecule has 0 aromatic heterocycles. The quantitative estimate of drug-likeness (QED) is 0.752.